The van der Waals surface area contributed by atoms with E-state index in [1.54, 1.807) is 0 Å². The second-order valence-corrected chi connectivity index (χ2v) is 7.64. The molecule has 2 fully saturated rings. The van der Waals surface area contributed by atoms with Gasteiger partial charge in [-0.3, -0.25) is 4.79 Å². The summed E-state index contributed by atoms with van der Waals surface area (Å²) in [5, 5.41) is 9.63. The minimum atomic E-state index is -0.321. The van der Waals surface area contributed by atoms with Gasteiger partial charge < -0.3 is 10.0 Å². The predicted octanol–water partition coefficient (Wildman–Crippen LogP) is 2.82. The number of piperidine rings is 1. The highest BCUT2D eigenvalue weighted by Gasteiger charge is 2.69. The lowest BCUT2D eigenvalue weighted by molar-refractivity contribution is -0.138. The average molecular weight is 267 g/mol. The van der Waals surface area contributed by atoms with Gasteiger partial charge in [-0.15, -0.1) is 0 Å². The molecule has 1 aliphatic carbocycles. The highest BCUT2D eigenvalue weighted by atomic mass is 16.3. The van der Waals surface area contributed by atoms with Crippen LogP contribution in [0.15, 0.2) is 0 Å². The van der Waals surface area contributed by atoms with Crippen molar-refractivity contribution in [1.82, 2.24) is 4.90 Å². The molecule has 3 nitrogen and oxygen atoms in total. The molecule has 2 unspecified atom stereocenters. The molecule has 0 radical (unpaired) electrons. The Labute approximate surface area is 117 Å². The van der Waals surface area contributed by atoms with Gasteiger partial charge in [-0.2, -0.15) is 0 Å². The highest BCUT2D eigenvalue weighted by molar-refractivity contribution is 5.84. The summed E-state index contributed by atoms with van der Waals surface area (Å²) in [7, 11) is 0. The second kappa shape index (κ2) is 4.76. The fraction of sp³-hybridized carbons (Fsp3) is 0.938. The van der Waals surface area contributed by atoms with E-state index in [2.05, 4.69) is 32.6 Å². The van der Waals surface area contributed by atoms with Gasteiger partial charge in [0, 0.05) is 18.5 Å². The minimum absolute atomic E-state index is 0.108. The molecule has 1 amide bonds. The summed E-state index contributed by atoms with van der Waals surface area (Å²) >= 11 is 0. The molecule has 0 aromatic heterocycles. The van der Waals surface area contributed by atoms with E-state index in [4.69, 9.17) is 0 Å². The Bertz CT molecular complexity index is 346. The van der Waals surface area contributed by atoms with Crippen LogP contribution in [-0.4, -0.2) is 34.6 Å². The van der Waals surface area contributed by atoms with Gasteiger partial charge in [-0.1, -0.05) is 27.7 Å². The van der Waals surface area contributed by atoms with Crippen molar-refractivity contribution in [2.45, 2.75) is 72.4 Å². The molecule has 2 aliphatic rings. The normalized spacial score (nSPS) is 31.1. The molecule has 1 heterocycles. The topological polar surface area (TPSA) is 40.5 Å². The van der Waals surface area contributed by atoms with Crippen molar-refractivity contribution in [3.63, 3.8) is 0 Å². The van der Waals surface area contributed by atoms with Crippen LogP contribution in [0.5, 0.6) is 0 Å². The van der Waals surface area contributed by atoms with Crippen molar-refractivity contribution in [3.05, 3.63) is 0 Å². The molecule has 19 heavy (non-hydrogen) atoms. The lowest BCUT2D eigenvalue weighted by Crippen LogP contribution is -2.46. The fourth-order valence-electron chi connectivity index (χ4n) is 3.91. The highest BCUT2D eigenvalue weighted by Crippen LogP contribution is 2.69. The number of carbonyl (C=O) groups excluding carboxylic acids is 1. The van der Waals surface area contributed by atoms with E-state index in [1.807, 2.05) is 6.92 Å². The van der Waals surface area contributed by atoms with E-state index in [1.165, 1.54) is 6.42 Å². The van der Waals surface area contributed by atoms with E-state index in [0.29, 0.717) is 5.91 Å². The summed E-state index contributed by atoms with van der Waals surface area (Å²) in [4.78, 5) is 14.9. The summed E-state index contributed by atoms with van der Waals surface area (Å²) < 4.78 is 0. The molecule has 2 rings (SSSR count). The molecule has 110 valence electrons. The summed E-state index contributed by atoms with van der Waals surface area (Å²) in [5.41, 5.74) is 0.216. The number of hydrogen-bond donors (Lipinski definition) is 1. The molecule has 1 N–H and O–H groups in total. The molecular weight excluding hydrogens is 238 g/mol. The molecule has 1 saturated heterocycles. The van der Waals surface area contributed by atoms with E-state index in [0.717, 1.165) is 25.8 Å². The van der Waals surface area contributed by atoms with Crippen LogP contribution in [0.3, 0.4) is 0 Å². The van der Waals surface area contributed by atoms with Crippen molar-refractivity contribution < 1.29 is 9.90 Å². The summed E-state index contributed by atoms with van der Waals surface area (Å²) in [6.45, 7) is 11.5. The molecule has 0 spiro atoms. The summed E-state index contributed by atoms with van der Waals surface area (Å²) in [6.07, 6.45) is 3.73. The van der Waals surface area contributed by atoms with Gasteiger partial charge in [-0.25, -0.2) is 0 Å². The second-order valence-electron chi connectivity index (χ2n) is 7.64. The number of aliphatic hydroxyl groups is 1. The first-order chi connectivity index (χ1) is 8.69. The number of amides is 1. The van der Waals surface area contributed by atoms with E-state index in [-0.39, 0.29) is 28.9 Å². The average Bonchev–Trinajstić information content (AvgIpc) is 2.68. The maximum atomic E-state index is 12.8. The van der Waals surface area contributed by atoms with Gasteiger partial charge in [0.2, 0.25) is 5.91 Å². The SMILES string of the molecule is CC(O)CC1CCCCN1C(=O)C1C(C)(C)C1(C)C. The molecule has 3 heteroatoms. The van der Waals surface area contributed by atoms with Gasteiger partial charge in [0.05, 0.1) is 6.10 Å². The number of aliphatic hydroxyl groups excluding tert-OH is 1. The molecule has 1 aliphatic heterocycles. The Morgan fingerprint density at radius 3 is 2.32 bits per heavy atom. The van der Waals surface area contributed by atoms with Crippen molar-refractivity contribution in [1.29, 1.82) is 0 Å². The Hall–Kier alpha value is -0.570. The van der Waals surface area contributed by atoms with Crippen LogP contribution < -0.4 is 0 Å². The smallest absolute Gasteiger partial charge is 0.227 e. The van der Waals surface area contributed by atoms with Crippen LogP contribution in [-0.2, 0) is 4.79 Å². The van der Waals surface area contributed by atoms with Crippen LogP contribution in [0.4, 0.5) is 0 Å². The monoisotopic (exact) mass is 267 g/mol. The molecule has 2 atom stereocenters. The predicted molar refractivity (Wildman–Crippen MR) is 76.7 cm³/mol. The third-order valence-corrected chi connectivity index (χ3v) is 5.79. The molecule has 0 bridgehead atoms. The standard InChI is InChI=1S/C16H29NO2/c1-11(18)10-12-8-6-7-9-17(12)14(19)13-15(2,3)16(13,4)5/h11-13,18H,6-10H2,1-5H3. The van der Waals surface area contributed by atoms with E-state index >= 15 is 0 Å². The van der Waals surface area contributed by atoms with E-state index in [9.17, 15) is 9.90 Å². The minimum Gasteiger partial charge on any atom is -0.393 e. The molecule has 0 aromatic carbocycles. The van der Waals surface area contributed by atoms with Crippen LogP contribution in [0.25, 0.3) is 0 Å². The first kappa shape index (κ1) is 14.8. The number of hydrogen-bond acceptors (Lipinski definition) is 2. The quantitative estimate of drug-likeness (QED) is 0.854. The Kier molecular flexibility index (Phi) is 3.72. The lowest BCUT2D eigenvalue weighted by Gasteiger charge is -2.37. The summed E-state index contributed by atoms with van der Waals surface area (Å²) in [6, 6.07) is 0.244. The van der Waals surface area contributed by atoms with Gasteiger partial charge in [-0.05, 0) is 43.4 Å². The number of likely N-dealkylation sites (tertiary alicyclic amines) is 1. The van der Waals surface area contributed by atoms with Crippen LogP contribution in [0.2, 0.25) is 0 Å². The number of nitrogens with zero attached hydrogens (tertiary/aromatic N) is 1. The first-order valence-corrected chi connectivity index (χ1v) is 7.68. The molecular formula is C16H29NO2. The molecule has 1 saturated carbocycles. The number of carbonyl (C=O) groups is 1. The maximum absolute atomic E-state index is 12.8. The largest absolute Gasteiger partial charge is 0.393 e. The van der Waals surface area contributed by atoms with Crippen molar-refractivity contribution in [3.8, 4) is 0 Å². The van der Waals surface area contributed by atoms with Gasteiger partial charge in [0.25, 0.3) is 0 Å². The van der Waals surface area contributed by atoms with Crippen molar-refractivity contribution in [2.24, 2.45) is 16.7 Å². The fourth-order valence-corrected chi connectivity index (χ4v) is 3.91. The third-order valence-electron chi connectivity index (χ3n) is 5.79. The van der Waals surface area contributed by atoms with Crippen molar-refractivity contribution in [2.75, 3.05) is 6.54 Å². The number of rotatable bonds is 3. The van der Waals surface area contributed by atoms with Crippen molar-refractivity contribution >= 4 is 5.91 Å². The Morgan fingerprint density at radius 2 is 1.84 bits per heavy atom. The summed E-state index contributed by atoms with van der Waals surface area (Å²) in [5.74, 6) is 0.468. The zero-order valence-corrected chi connectivity index (χ0v) is 13.1. The Morgan fingerprint density at radius 1 is 1.26 bits per heavy atom. The van der Waals surface area contributed by atoms with Crippen LogP contribution in [0, 0.1) is 16.7 Å². The van der Waals surface area contributed by atoms with Gasteiger partial charge >= 0.3 is 0 Å². The Balaban J connectivity index is 2.09. The lowest BCUT2D eigenvalue weighted by atomic mass is 9.96. The first-order valence-electron chi connectivity index (χ1n) is 7.68. The van der Waals surface area contributed by atoms with Crippen LogP contribution in [0.1, 0.15) is 60.3 Å². The maximum Gasteiger partial charge on any atom is 0.227 e. The van der Waals surface area contributed by atoms with Gasteiger partial charge in [0.1, 0.15) is 0 Å². The third kappa shape index (κ3) is 2.42. The van der Waals surface area contributed by atoms with E-state index < -0.39 is 0 Å². The zero-order chi connectivity index (χ0) is 14.4. The zero-order valence-electron chi connectivity index (χ0n) is 13.1. The molecule has 0 aromatic rings. The van der Waals surface area contributed by atoms with Crippen LogP contribution >= 0.6 is 0 Å². The van der Waals surface area contributed by atoms with Gasteiger partial charge in [0.15, 0.2) is 0 Å².